The molecule has 1 aliphatic carbocycles. The van der Waals surface area contributed by atoms with Gasteiger partial charge in [-0.15, -0.1) is 24.0 Å². The van der Waals surface area contributed by atoms with Crippen molar-refractivity contribution in [3.05, 3.63) is 35.1 Å². The van der Waals surface area contributed by atoms with E-state index in [-0.39, 0.29) is 29.8 Å². The zero-order valence-electron chi connectivity index (χ0n) is 14.0. The second-order valence-corrected chi connectivity index (χ2v) is 6.34. The van der Waals surface area contributed by atoms with Crippen molar-refractivity contribution in [1.29, 1.82) is 0 Å². The lowest BCUT2D eigenvalue weighted by Crippen LogP contribution is -2.41. The maximum atomic E-state index is 14.0. The number of hydrogen-bond acceptors (Lipinski definition) is 2. The first-order valence-corrected chi connectivity index (χ1v) is 8.03. The van der Waals surface area contributed by atoms with E-state index in [4.69, 9.17) is 5.73 Å². The van der Waals surface area contributed by atoms with Gasteiger partial charge in [-0.1, -0.05) is 31.4 Å². The first-order chi connectivity index (χ1) is 10.5. The van der Waals surface area contributed by atoms with E-state index in [0.29, 0.717) is 30.7 Å². The average Bonchev–Trinajstić information content (AvgIpc) is 2.48. The fourth-order valence-corrected chi connectivity index (χ4v) is 2.84. The molecule has 0 atom stereocenters. The van der Waals surface area contributed by atoms with Gasteiger partial charge in [-0.05, 0) is 38.6 Å². The minimum Gasteiger partial charge on any atom is -0.370 e. The molecule has 0 saturated heterocycles. The second kappa shape index (κ2) is 10.1. The van der Waals surface area contributed by atoms with E-state index in [9.17, 15) is 4.39 Å². The van der Waals surface area contributed by atoms with Crippen LogP contribution < -0.4 is 11.1 Å². The van der Waals surface area contributed by atoms with Crippen LogP contribution in [0.25, 0.3) is 0 Å². The highest BCUT2D eigenvalue weighted by molar-refractivity contribution is 14.0. The van der Waals surface area contributed by atoms with E-state index in [2.05, 4.69) is 10.3 Å². The van der Waals surface area contributed by atoms with Crippen LogP contribution in [0.5, 0.6) is 0 Å². The largest absolute Gasteiger partial charge is 0.370 e. The van der Waals surface area contributed by atoms with Crippen LogP contribution >= 0.6 is 24.0 Å². The third-order valence-corrected chi connectivity index (χ3v) is 3.99. The molecule has 4 nitrogen and oxygen atoms in total. The molecule has 3 N–H and O–H groups in total. The molecule has 0 radical (unpaired) electrons. The first-order valence-electron chi connectivity index (χ1n) is 8.03. The third-order valence-electron chi connectivity index (χ3n) is 3.99. The molecule has 0 bridgehead atoms. The van der Waals surface area contributed by atoms with Gasteiger partial charge in [0.05, 0.1) is 6.54 Å². The van der Waals surface area contributed by atoms with E-state index in [1.807, 2.05) is 31.1 Å². The molecule has 0 aromatic heterocycles. The third kappa shape index (κ3) is 7.03. The summed E-state index contributed by atoms with van der Waals surface area (Å²) in [6.45, 7) is 1.01. The molecule has 0 aliphatic heterocycles. The quantitative estimate of drug-likeness (QED) is 0.425. The van der Waals surface area contributed by atoms with E-state index in [1.54, 1.807) is 6.07 Å². The highest BCUT2D eigenvalue weighted by atomic mass is 127. The zero-order valence-corrected chi connectivity index (χ0v) is 16.3. The molecular weight excluding hydrogens is 406 g/mol. The molecule has 1 aliphatic rings. The first kappa shape index (κ1) is 20.2. The summed E-state index contributed by atoms with van der Waals surface area (Å²) in [6.07, 6.45) is 6.13. The summed E-state index contributed by atoms with van der Waals surface area (Å²) in [7, 11) is 3.85. The summed E-state index contributed by atoms with van der Waals surface area (Å²) >= 11 is 0. The molecular formula is C17H28FIN4. The molecule has 0 spiro atoms. The molecule has 1 aromatic carbocycles. The average molecular weight is 434 g/mol. The Morgan fingerprint density at radius 1 is 1.30 bits per heavy atom. The molecule has 1 fully saturated rings. The Balaban J connectivity index is 0.00000264. The number of benzene rings is 1. The molecule has 0 heterocycles. The van der Waals surface area contributed by atoms with Crippen molar-refractivity contribution in [3.8, 4) is 0 Å². The number of nitrogens with one attached hydrogen (secondary N) is 1. The number of nitrogens with zero attached hydrogens (tertiary/aromatic N) is 2. The van der Waals surface area contributed by atoms with Crippen LogP contribution in [0.4, 0.5) is 4.39 Å². The Kier molecular flexibility index (Phi) is 8.83. The van der Waals surface area contributed by atoms with Crippen molar-refractivity contribution in [2.75, 3.05) is 14.1 Å². The summed E-state index contributed by atoms with van der Waals surface area (Å²) in [6, 6.07) is 5.73. The van der Waals surface area contributed by atoms with Gasteiger partial charge in [0.1, 0.15) is 5.82 Å². The standard InChI is InChI=1S/C17H27FN4.HI/c1-22(2)12-14-9-8-13(10-16(14)18)11-20-17(19)21-15-6-4-3-5-7-15;/h8-10,15H,3-7,11-12H2,1-2H3,(H3,19,20,21);1H. The Bertz CT molecular complexity index is 513. The van der Waals surface area contributed by atoms with Crippen LogP contribution in [-0.2, 0) is 13.1 Å². The number of nitrogens with two attached hydrogens (primary N) is 1. The number of aliphatic imine (C=N–C) groups is 1. The van der Waals surface area contributed by atoms with Crippen molar-refractivity contribution >= 4 is 29.9 Å². The smallest absolute Gasteiger partial charge is 0.189 e. The van der Waals surface area contributed by atoms with Crippen LogP contribution in [0.15, 0.2) is 23.2 Å². The Hall–Kier alpha value is -0.890. The van der Waals surface area contributed by atoms with Crippen molar-refractivity contribution < 1.29 is 4.39 Å². The number of guanidine groups is 1. The van der Waals surface area contributed by atoms with Crippen LogP contribution in [0.1, 0.15) is 43.2 Å². The number of halogens is 2. The normalized spacial score (nSPS) is 16.3. The van der Waals surface area contributed by atoms with Gasteiger partial charge >= 0.3 is 0 Å². The summed E-state index contributed by atoms with van der Waals surface area (Å²) in [5.41, 5.74) is 7.47. The summed E-state index contributed by atoms with van der Waals surface area (Å²) in [5, 5.41) is 3.27. The number of hydrogen-bond donors (Lipinski definition) is 2. The fraction of sp³-hybridized carbons (Fsp3) is 0.588. The van der Waals surface area contributed by atoms with Crippen molar-refractivity contribution in [2.24, 2.45) is 10.7 Å². The molecule has 23 heavy (non-hydrogen) atoms. The van der Waals surface area contributed by atoms with Crippen LogP contribution in [0.3, 0.4) is 0 Å². The van der Waals surface area contributed by atoms with Crippen molar-refractivity contribution in [3.63, 3.8) is 0 Å². The Labute approximate surface area is 155 Å². The molecule has 0 amide bonds. The predicted molar refractivity (Wildman–Crippen MR) is 105 cm³/mol. The fourth-order valence-electron chi connectivity index (χ4n) is 2.84. The summed E-state index contributed by atoms with van der Waals surface area (Å²) in [5.74, 6) is 0.282. The predicted octanol–water partition coefficient (Wildman–Crippen LogP) is 3.24. The molecule has 1 aromatic rings. The van der Waals surface area contributed by atoms with Gasteiger partial charge in [0.15, 0.2) is 5.96 Å². The van der Waals surface area contributed by atoms with Gasteiger partial charge in [0, 0.05) is 18.2 Å². The topological polar surface area (TPSA) is 53.6 Å². The highest BCUT2D eigenvalue weighted by Crippen LogP contribution is 2.17. The van der Waals surface area contributed by atoms with E-state index < -0.39 is 0 Å². The zero-order chi connectivity index (χ0) is 15.9. The lowest BCUT2D eigenvalue weighted by atomic mass is 9.96. The van der Waals surface area contributed by atoms with Crippen LogP contribution in [0.2, 0.25) is 0 Å². The van der Waals surface area contributed by atoms with Gasteiger partial charge in [0.2, 0.25) is 0 Å². The Morgan fingerprint density at radius 2 is 2.00 bits per heavy atom. The lowest BCUT2D eigenvalue weighted by molar-refractivity contribution is 0.392. The molecule has 1 saturated carbocycles. The highest BCUT2D eigenvalue weighted by Gasteiger charge is 2.13. The van der Waals surface area contributed by atoms with Crippen LogP contribution in [0, 0.1) is 5.82 Å². The van der Waals surface area contributed by atoms with E-state index in [0.717, 1.165) is 18.4 Å². The Morgan fingerprint density at radius 3 is 2.61 bits per heavy atom. The molecule has 0 unspecified atom stereocenters. The van der Waals surface area contributed by atoms with Gasteiger partial charge in [-0.3, -0.25) is 0 Å². The maximum Gasteiger partial charge on any atom is 0.189 e. The van der Waals surface area contributed by atoms with E-state index >= 15 is 0 Å². The van der Waals surface area contributed by atoms with Gasteiger partial charge in [0.25, 0.3) is 0 Å². The van der Waals surface area contributed by atoms with Crippen LogP contribution in [-0.4, -0.2) is 31.0 Å². The van der Waals surface area contributed by atoms with Gasteiger partial charge < -0.3 is 16.0 Å². The summed E-state index contributed by atoms with van der Waals surface area (Å²) < 4.78 is 14.0. The minimum atomic E-state index is -0.180. The van der Waals surface area contributed by atoms with E-state index in [1.165, 1.54) is 19.3 Å². The monoisotopic (exact) mass is 434 g/mol. The van der Waals surface area contributed by atoms with Gasteiger partial charge in [-0.2, -0.15) is 0 Å². The van der Waals surface area contributed by atoms with Gasteiger partial charge in [-0.25, -0.2) is 9.38 Å². The SMILES string of the molecule is CN(C)Cc1ccc(CN=C(N)NC2CCCCC2)cc1F.I. The van der Waals surface area contributed by atoms with Crippen molar-refractivity contribution in [2.45, 2.75) is 51.2 Å². The molecule has 130 valence electrons. The maximum absolute atomic E-state index is 14.0. The summed E-state index contributed by atoms with van der Waals surface area (Å²) in [4.78, 5) is 6.27. The lowest BCUT2D eigenvalue weighted by Gasteiger charge is -2.23. The van der Waals surface area contributed by atoms with Crippen molar-refractivity contribution in [1.82, 2.24) is 10.2 Å². The second-order valence-electron chi connectivity index (χ2n) is 6.34. The molecule has 6 heteroatoms. The molecule has 2 rings (SSSR count). The minimum absolute atomic E-state index is 0. The number of rotatable bonds is 5.